The predicted molar refractivity (Wildman–Crippen MR) is 136 cm³/mol. The van der Waals surface area contributed by atoms with Crippen LogP contribution in [0.1, 0.15) is 44.7 Å². The van der Waals surface area contributed by atoms with Crippen molar-refractivity contribution in [1.82, 2.24) is 15.1 Å². The zero-order valence-corrected chi connectivity index (χ0v) is 22.4. The first-order valence-corrected chi connectivity index (χ1v) is 12.9. The Morgan fingerprint density at radius 3 is 2.78 bits per heavy atom. The molecule has 10 heteroatoms. The zero-order chi connectivity index (χ0) is 26.7. The molecule has 1 saturated heterocycles. The smallest absolute Gasteiger partial charge is 0.415 e. The van der Waals surface area contributed by atoms with Crippen molar-refractivity contribution in [3.05, 3.63) is 29.0 Å². The van der Waals surface area contributed by atoms with Gasteiger partial charge in [0.25, 0.3) is 0 Å². The highest BCUT2D eigenvalue weighted by molar-refractivity contribution is 5.74. The average Bonchev–Trinajstić information content (AvgIpc) is 3.17. The number of piperidine rings is 1. The summed E-state index contributed by atoms with van der Waals surface area (Å²) in [6.07, 6.45) is 2.69. The third-order valence-corrected chi connectivity index (χ3v) is 8.16. The van der Waals surface area contributed by atoms with Crippen LogP contribution in [0.5, 0.6) is 17.2 Å². The van der Waals surface area contributed by atoms with Gasteiger partial charge in [-0.05, 0) is 65.6 Å². The molecule has 10 nitrogen and oxygen atoms in total. The summed E-state index contributed by atoms with van der Waals surface area (Å²) in [6, 6.07) is 1.95. The molecular formula is C27H37N3O7. The molecule has 1 aromatic rings. The third kappa shape index (κ3) is 4.15. The molecule has 2 aliphatic carbocycles. The number of likely N-dealkylation sites (N-methyl/N-ethyl adjacent to an activating group) is 2. The van der Waals surface area contributed by atoms with Crippen molar-refractivity contribution in [1.29, 1.82) is 0 Å². The van der Waals surface area contributed by atoms with Crippen LogP contribution in [0.25, 0.3) is 0 Å². The summed E-state index contributed by atoms with van der Waals surface area (Å²) in [4.78, 5) is 28.8. The van der Waals surface area contributed by atoms with Gasteiger partial charge in [-0.2, -0.15) is 0 Å². The van der Waals surface area contributed by atoms with Gasteiger partial charge in [-0.25, -0.2) is 9.59 Å². The van der Waals surface area contributed by atoms with Gasteiger partial charge >= 0.3 is 12.2 Å². The number of benzene rings is 1. The quantitative estimate of drug-likeness (QED) is 0.614. The van der Waals surface area contributed by atoms with E-state index in [2.05, 4.69) is 17.3 Å². The van der Waals surface area contributed by atoms with E-state index in [-0.39, 0.29) is 36.2 Å². The van der Waals surface area contributed by atoms with Crippen LogP contribution in [0.15, 0.2) is 17.9 Å². The summed E-state index contributed by atoms with van der Waals surface area (Å²) >= 11 is 0. The summed E-state index contributed by atoms with van der Waals surface area (Å²) in [7, 11) is 5.32. The Hall–Kier alpha value is -3.14. The minimum Gasteiger partial charge on any atom is -0.509 e. The number of hydrogen-bond donors (Lipinski definition) is 2. The number of likely N-dealkylation sites (tertiary alicyclic amines) is 1. The number of nitrogens with one attached hydrogen (secondary N) is 1. The Labute approximate surface area is 217 Å². The van der Waals surface area contributed by atoms with Crippen molar-refractivity contribution >= 4 is 12.2 Å². The standard InChI is InChI=1S/C27H37N3O7/c1-26(2,3)37-24(32)28-10-12-30(5)25(33)35-19-14-20(34-6)22-21-15(19)13-17-16-7-8-18(31)23(36-22)27(16,21)9-11-29(17)4/h8,14,16-17,23,31H,7,9-13H2,1-6H3,(H,28,32)/t16-,17+,23-,27-/m0/s1. The molecule has 2 bridgehead atoms. The molecule has 2 N–H and O–H groups in total. The molecule has 1 aromatic carbocycles. The second-order valence-corrected chi connectivity index (χ2v) is 11.5. The van der Waals surface area contributed by atoms with E-state index in [1.807, 2.05) is 6.08 Å². The fourth-order valence-corrected chi connectivity index (χ4v) is 6.52. The van der Waals surface area contributed by atoms with Gasteiger partial charge in [-0.15, -0.1) is 0 Å². The maximum absolute atomic E-state index is 13.1. The maximum Gasteiger partial charge on any atom is 0.415 e. The van der Waals surface area contributed by atoms with E-state index in [1.54, 1.807) is 41.0 Å². The lowest BCUT2D eigenvalue weighted by Gasteiger charge is -2.56. The number of rotatable bonds is 5. The highest BCUT2D eigenvalue weighted by Gasteiger charge is 2.65. The van der Waals surface area contributed by atoms with Gasteiger partial charge in [0.05, 0.1) is 7.11 Å². The van der Waals surface area contributed by atoms with Gasteiger partial charge in [-0.1, -0.05) is 0 Å². The van der Waals surface area contributed by atoms with Gasteiger partial charge in [0.15, 0.2) is 17.6 Å². The Morgan fingerprint density at radius 2 is 2.08 bits per heavy atom. The van der Waals surface area contributed by atoms with Crippen LogP contribution in [-0.2, 0) is 16.6 Å². The van der Waals surface area contributed by atoms with E-state index < -0.39 is 23.9 Å². The molecular weight excluding hydrogens is 478 g/mol. The largest absolute Gasteiger partial charge is 0.509 e. The molecule has 1 fully saturated rings. The molecule has 0 radical (unpaired) electrons. The van der Waals surface area contributed by atoms with E-state index in [1.165, 1.54) is 4.90 Å². The molecule has 0 saturated carbocycles. The Bertz CT molecular complexity index is 1140. The molecule has 4 aliphatic rings. The van der Waals surface area contributed by atoms with Gasteiger partial charge in [0, 0.05) is 48.8 Å². The van der Waals surface area contributed by atoms with Gasteiger partial charge in [0.1, 0.15) is 17.1 Å². The second kappa shape index (κ2) is 9.01. The van der Waals surface area contributed by atoms with Crippen molar-refractivity contribution in [3.8, 4) is 17.2 Å². The van der Waals surface area contributed by atoms with Crippen molar-refractivity contribution in [3.63, 3.8) is 0 Å². The van der Waals surface area contributed by atoms with Crippen molar-refractivity contribution in [2.75, 3.05) is 40.8 Å². The van der Waals surface area contributed by atoms with E-state index in [0.717, 1.165) is 30.5 Å². The van der Waals surface area contributed by atoms with E-state index in [9.17, 15) is 14.7 Å². The topological polar surface area (TPSA) is 110 Å². The number of amides is 2. The molecule has 5 rings (SSSR count). The van der Waals surface area contributed by atoms with E-state index >= 15 is 0 Å². The lowest BCUT2D eigenvalue weighted by Crippen LogP contribution is -2.63. The average molecular weight is 516 g/mol. The number of allylic oxidation sites excluding steroid dienone is 1. The van der Waals surface area contributed by atoms with Crippen LogP contribution in [0.2, 0.25) is 0 Å². The highest BCUT2D eigenvalue weighted by Crippen LogP contribution is 2.65. The first kappa shape index (κ1) is 25.5. The van der Waals surface area contributed by atoms with E-state index in [0.29, 0.717) is 23.7 Å². The molecule has 1 spiro atoms. The molecule has 2 heterocycles. The van der Waals surface area contributed by atoms with Crippen molar-refractivity contribution in [2.24, 2.45) is 5.92 Å². The predicted octanol–water partition coefficient (Wildman–Crippen LogP) is 3.37. The summed E-state index contributed by atoms with van der Waals surface area (Å²) < 4.78 is 23.3. The van der Waals surface area contributed by atoms with Crippen LogP contribution >= 0.6 is 0 Å². The minimum absolute atomic E-state index is 0.222. The van der Waals surface area contributed by atoms with Gasteiger partial charge in [-0.3, -0.25) is 0 Å². The van der Waals surface area contributed by atoms with Crippen LogP contribution in [-0.4, -0.2) is 85.7 Å². The number of ether oxygens (including phenoxy) is 4. The van der Waals surface area contributed by atoms with Crippen molar-refractivity contribution in [2.45, 2.75) is 63.2 Å². The van der Waals surface area contributed by atoms with Crippen LogP contribution in [0.3, 0.4) is 0 Å². The second-order valence-electron chi connectivity index (χ2n) is 11.5. The lowest BCUT2D eigenvalue weighted by molar-refractivity contribution is -0.0227. The Kier molecular flexibility index (Phi) is 6.21. The summed E-state index contributed by atoms with van der Waals surface area (Å²) in [5.74, 6) is 2.14. The minimum atomic E-state index is -0.596. The molecule has 37 heavy (non-hydrogen) atoms. The first-order valence-electron chi connectivity index (χ1n) is 12.9. The maximum atomic E-state index is 13.1. The number of alkyl carbamates (subject to hydrolysis) is 1. The number of aliphatic hydroxyl groups excluding tert-OH is 1. The van der Waals surface area contributed by atoms with Crippen LogP contribution in [0.4, 0.5) is 9.59 Å². The summed E-state index contributed by atoms with van der Waals surface area (Å²) in [6.45, 7) is 6.74. The Morgan fingerprint density at radius 1 is 1.32 bits per heavy atom. The fourth-order valence-electron chi connectivity index (χ4n) is 6.52. The molecule has 2 aliphatic heterocycles. The molecule has 2 amide bonds. The summed E-state index contributed by atoms with van der Waals surface area (Å²) in [5, 5.41) is 13.5. The Balaban J connectivity index is 1.40. The number of carbonyl (C=O) groups excluding carboxylic acids is 2. The van der Waals surface area contributed by atoms with Crippen LogP contribution in [0, 0.1) is 5.92 Å². The first-order chi connectivity index (χ1) is 17.5. The number of carbonyl (C=O) groups is 2. The number of methoxy groups -OCH3 is 1. The monoisotopic (exact) mass is 515 g/mol. The molecule has 0 unspecified atom stereocenters. The van der Waals surface area contributed by atoms with Gasteiger partial charge < -0.3 is 39.2 Å². The summed E-state index contributed by atoms with van der Waals surface area (Å²) in [5.41, 5.74) is 0.983. The normalized spacial score (nSPS) is 27.4. The number of aliphatic hydroxyl groups is 1. The van der Waals surface area contributed by atoms with Gasteiger partial charge in [0.2, 0.25) is 0 Å². The highest BCUT2D eigenvalue weighted by atomic mass is 16.6. The fraction of sp³-hybridized carbons (Fsp3) is 0.630. The third-order valence-electron chi connectivity index (χ3n) is 8.16. The lowest BCUT2D eigenvalue weighted by atomic mass is 9.53. The molecule has 4 atom stereocenters. The molecule has 202 valence electrons. The number of hydrogen-bond acceptors (Lipinski definition) is 8. The number of nitrogens with zero attached hydrogens (tertiary/aromatic N) is 2. The zero-order valence-electron chi connectivity index (χ0n) is 22.4. The van der Waals surface area contributed by atoms with Crippen molar-refractivity contribution < 1.29 is 33.6 Å². The van der Waals surface area contributed by atoms with E-state index in [4.69, 9.17) is 18.9 Å². The molecule has 0 aromatic heterocycles. The SMILES string of the molecule is COc1cc(OC(=O)N(C)CCNC(=O)OC(C)(C)C)c2c3c1O[C@H]1C(O)=CC[C@H]4[C@@H](C2)N(C)CC[C@]314. The van der Waals surface area contributed by atoms with Crippen LogP contribution < -0.4 is 19.5 Å².